The molecule has 3 aromatic carbocycles. The van der Waals surface area contributed by atoms with E-state index in [2.05, 4.69) is 10.3 Å². The molecule has 7 nitrogen and oxygen atoms in total. The van der Waals surface area contributed by atoms with E-state index in [1.165, 1.54) is 20.0 Å². The van der Waals surface area contributed by atoms with Crippen LogP contribution in [0.15, 0.2) is 102 Å². The molecule has 0 aliphatic carbocycles. The van der Waals surface area contributed by atoms with Crippen LogP contribution in [-0.4, -0.2) is 34.2 Å². The second kappa shape index (κ2) is 10.7. The van der Waals surface area contributed by atoms with Crippen LogP contribution in [0.5, 0.6) is 5.75 Å². The van der Waals surface area contributed by atoms with Crippen molar-refractivity contribution in [3.63, 3.8) is 0 Å². The molecule has 2 heterocycles. The number of carbonyl (C=O) groups excluding carboxylic acids is 1. The lowest BCUT2D eigenvalue weighted by atomic mass is 9.77. The molecule has 1 N–H and O–H groups in total. The van der Waals surface area contributed by atoms with Gasteiger partial charge in [-0.05, 0) is 48.7 Å². The van der Waals surface area contributed by atoms with Crippen molar-refractivity contribution >= 4 is 11.6 Å². The summed E-state index contributed by atoms with van der Waals surface area (Å²) in [5.41, 5.74) is -0.840. The number of halogens is 1. The molecule has 5 rings (SSSR count). The summed E-state index contributed by atoms with van der Waals surface area (Å²) >= 11 is 0. The second-order valence-electron chi connectivity index (χ2n) is 10.3. The Bertz CT molecular complexity index is 1500. The number of nitrogens with one attached hydrogen (secondary N) is 1. The van der Waals surface area contributed by atoms with Crippen molar-refractivity contribution < 1.29 is 18.7 Å². The summed E-state index contributed by atoms with van der Waals surface area (Å²) < 4.78 is 28.0. The second-order valence-corrected chi connectivity index (χ2v) is 10.3. The summed E-state index contributed by atoms with van der Waals surface area (Å²) in [6, 6.07) is 29.1. The van der Waals surface area contributed by atoms with Crippen LogP contribution in [0.2, 0.25) is 0 Å². The number of methoxy groups -OCH3 is 1. The molecule has 4 atom stereocenters. The molecular weight excluding hydrogens is 509 g/mol. The van der Waals surface area contributed by atoms with Gasteiger partial charge in [0.2, 0.25) is 0 Å². The number of ketones is 1. The maximum absolute atomic E-state index is 15.8. The molecule has 4 aromatic rings. The zero-order valence-electron chi connectivity index (χ0n) is 22.9. The van der Waals surface area contributed by atoms with Gasteiger partial charge in [0.25, 0.3) is 0 Å². The van der Waals surface area contributed by atoms with Crippen LogP contribution in [0.3, 0.4) is 0 Å². The van der Waals surface area contributed by atoms with Crippen molar-refractivity contribution in [2.75, 3.05) is 12.4 Å². The van der Waals surface area contributed by atoms with Gasteiger partial charge in [0.15, 0.2) is 17.7 Å². The molecule has 1 aromatic heterocycles. The highest BCUT2D eigenvalue weighted by atomic mass is 19.1. The molecule has 8 heteroatoms. The van der Waals surface area contributed by atoms with Gasteiger partial charge in [0.05, 0.1) is 7.11 Å². The number of ether oxygens (including phenoxy) is 2. The number of anilines is 1. The van der Waals surface area contributed by atoms with Crippen molar-refractivity contribution in [2.45, 2.75) is 44.3 Å². The van der Waals surface area contributed by atoms with E-state index in [9.17, 15) is 9.59 Å². The molecule has 206 valence electrons. The molecule has 0 bridgehead atoms. The first-order chi connectivity index (χ1) is 19.2. The lowest BCUT2D eigenvalue weighted by molar-refractivity contribution is -0.131. The maximum atomic E-state index is 15.8. The number of alkyl halides is 1. The molecule has 0 spiro atoms. The van der Waals surface area contributed by atoms with E-state index in [4.69, 9.17) is 9.47 Å². The third-order valence-electron chi connectivity index (χ3n) is 7.84. The van der Waals surface area contributed by atoms with Gasteiger partial charge in [-0.15, -0.1) is 0 Å². The van der Waals surface area contributed by atoms with E-state index in [0.717, 1.165) is 21.3 Å². The highest BCUT2D eigenvalue weighted by Crippen LogP contribution is 2.45. The van der Waals surface area contributed by atoms with Crippen molar-refractivity contribution in [1.82, 2.24) is 9.55 Å². The highest BCUT2D eigenvalue weighted by molar-refractivity contribution is 5.81. The van der Waals surface area contributed by atoms with Gasteiger partial charge < -0.3 is 14.8 Å². The standard InChI is InChI=1S/C32H32FN3O4/c1-21-28(22(2)37)40-29(31(21,3)33)36-20-19-27(34-30(36)38)35-32(23-11-7-5-8-12-23,24-13-9-6-10-14-24)25-15-17-26(39-4)18-16-25/h5-21,28-29H,1-4H3,(H,34,35,38)/t21-,28+,29-,31-/m1/s1. The summed E-state index contributed by atoms with van der Waals surface area (Å²) in [4.78, 5) is 29.7. The van der Waals surface area contributed by atoms with Crippen molar-refractivity contribution in [2.24, 2.45) is 5.92 Å². The third kappa shape index (κ3) is 4.69. The normalized spacial score (nSPS) is 22.6. The van der Waals surface area contributed by atoms with E-state index in [0.29, 0.717) is 11.6 Å². The van der Waals surface area contributed by atoms with Crippen LogP contribution in [0.1, 0.15) is 43.7 Å². The Hall–Kier alpha value is -4.30. The van der Waals surface area contributed by atoms with Crippen LogP contribution in [-0.2, 0) is 15.1 Å². The van der Waals surface area contributed by atoms with Crippen LogP contribution < -0.4 is 15.7 Å². The number of aromatic nitrogens is 2. The lowest BCUT2D eigenvalue weighted by Crippen LogP contribution is -2.41. The van der Waals surface area contributed by atoms with Gasteiger partial charge >= 0.3 is 5.69 Å². The average molecular weight is 542 g/mol. The Balaban J connectivity index is 1.63. The first-order valence-electron chi connectivity index (χ1n) is 13.2. The number of hydrogen-bond acceptors (Lipinski definition) is 6. The fraction of sp³-hybridized carbons (Fsp3) is 0.281. The molecule has 0 unspecified atom stereocenters. The van der Waals surface area contributed by atoms with Crippen molar-refractivity contribution in [1.29, 1.82) is 0 Å². The predicted octanol–water partition coefficient (Wildman–Crippen LogP) is 5.51. The van der Waals surface area contributed by atoms with Crippen molar-refractivity contribution in [3.05, 3.63) is 124 Å². The Labute approximate surface area is 232 Å². The smallest absolute Gasteiger partial charge is 0.351 e. The molecule has 0 saturated carbocycles. The first kappa shape index (κ1) is 27.3. The van der Waals surface area contributed by atoms with E-state index in [-0.39, 0.29) is 5.78 Å². The van der Waals surface area contributed by atoms with Gasteiger partial charge in [-0.2, -0.15) is 4.98 Å². The SMILES string of the molecule is COc1ccc(C(Nc2ccn([C@@H]3O[C@H](C(C)=O)[C@@H](C)[C@@]3(C)F)c(=O)n2)(c2ccccc2)c2ccccc2)cc1. The zero-order chi connectivity index (χ0) is 28.5. The topological polar surface area (TPSA) is 82.5 Å². The minimum absolute atomic E-state index is 0.284. The van der Waals surface area contributed by atoms with Crippen LogP contribution in [0.25, 0.3) is 0 Å². The number of benzene rings is 3. The van der Waals surface area contributed by atoms with Gasteiger partial charge in [0.1, 0.15) is 23.2 Å². The van der Waals surface area contributed by atoms with E-state index in [1.54, 1.807) is 20.1 Å². The quantitative estimate of drug-likeness (QED) is 0.297. The summed E-state index contributed by atoms with van der Waals surface area (Å²) in [7, 11) is 1.61. The molecule has 40 heavy (non-hydrogen) atoms. The lowest BCUT2D eigenvalue weighted by Gasteiger charge is -2.37. The van der Waals surface area contributed by atoms with Crippen LogP contribution >= 0.6 is 0 Å². The predicted molar refractivity (Wildman–Crippen MR) is 151 cm³/mol. The summed E-state index contributed by atoms with van der Waals surface area (Å²) in [5, 5.41) is 3.54. The molecule has 1 saturated heterocycles. The Morgan fingerprint density at radius 3 is 2.00 bits per heavy atom. The average Bonchev–Trinajstić information content (AvgIpc) is 3.21. The summed E-state index contributed by atoms with van der Waals surface area (Å²) in [5.74, 6) is -0.00493. The molecule has 1 aliphatic heterocycles. The van der Waals surface area contributed by atoms with Gasteiger partial charge in [-0.3, -0.25) is 9.36 Å². The van der Waals surface area contributed by atoms with E-state index >= 15 is 4.39 Å². The van der Waals surface area contributed by atoms with Crippen molar-refractivity contribution in [3.8, 4) is 5.75 Å². The number of Topliss-reactive ketones (excluding diaryl/α,β-unsaturated/α-hetero) is 1. The van der Waals surface area contributed by atoms with Crippen LogP contribution in [0, 0.1) is 5.92 Å². The monoisotopic (exact) mass is 541 g/mol. The molecule has 0 radical (unpaired) electrons. The number of hydrogen-bond donors (Lipinski definition) is 1. The third-order valence-corrected chi connectivity index (χ3v) is 7.84. The number of rotatable bonds is 8. The van der Waals surface area contributed by atoms with E-state index in [1.807, 2.05) is 84.9 Å². The summed E-state index contributed by atoms with van der Waals surface area (Å²) in [6.07, 6.45) is -0.756. The number of nitrogens with zero attached hydrogens (tertiary/aromatic N) is 2. The fourth-order valence-electron chi connectivity index (χ4n) is 5.48. The highest BCUT2D eigenvalue weighted by Gasteiger charge is 2.54. The van der Waals surface area contributed by atoms with Gasteiger partial charge in [-0.25, -0.2) is 9.18 Å². The largest absolute Gasteiger partial charge is 0.497 e. The minimum atomic E-state index is -1.95. The first-order valence-corrected chi connectivity index (χ1v) is 13.2. The molecule has 0 amide bonds. The molecule has 1 fully saturated rings. The van der Waals surface area contributed by atoms with Gasteiger partial charge in [0, 0.05) is 12.1 Å². The minimum Gasteiger partial charge on any atom is -0.497 e. The fourth-order valence-corrected chi connectivity index (χ4v) is 5.48. The number of carbonyl (C=O) groups is 1. The Kier molecular flexibility index (Phi) is 7.29. The zero-order valence-corrected chi connectivity index (χ0v) is 22.9. The Morgan fingerprint density at radius 2 is 1.52 bits per heavy atom. The summed E-state index contributed by atoms with van der Waals surface area (Å²) in [6.45, 7) is 4.33. The Morgan fingerprint density at radius 1 is 0.975 bits per heavy atom. The molecular formula is C32H32FN3O4. The van der Waals surface area contributed by atoms with Gasteiger partial charge in [-0.1, -0.05) is 79.7 Å². The van der Waals surface area contributed by atoms with E-state index < -0.39 is 35.1 Å². The maximum Gasteiger partial charge on any atom is 0.351 e. The van der Waals surface area contributed by atoms with Crippen LogP contribution in [0.4, 0.5) is 10.2 Å². The molecule has 1 aliphatic rings.